The zero-order valence-corrected chi connectivity index (χ0v) is 18.2. The number of rotatable bonds is 19. The summed E-state index contributed by atoms with van der Waals surface area (Å²) in [5.41, 5.74) is 0. The van der Waals surface area contributed by atoms with Gasteiger partial charge in [-0.25, -0.2) is 4.98 Å². The Morgan fingerprint density at radius 3 is 2.15 bits per heavy atom. The first kappa shape index (κ1) is 23.6. The van der Waals surface area contributed by atoms with Gasteiger partial charge in [0.2, 0.25) is 0 Å². The van der Waals surface area contributed by atoms with Gasteiger partial charge in [0.05, 0.1) is 12.9 Å². The molecular weight excluding hydrogens is 340 g/mol. The van der Waals surface area contributed by atoms with E-state index in [4.69, 9.17) is 4.74 Å². The molecule has 1 unspecified atom stereocenters. The minimum atomic E-state index is 0.541. The van der Waals surface area contributed by atoms with Crippen LogP contribution in [0.2, 0.25) is 0 Å². The molecule has 0 N–H and O–H groups in total. The third-order valence-corrected chi connectivity index (χ3v) is 6.05. The van der Waals surface area contributed by atoms with Crippen molar-refractivity contribution in [3.8, 4) is 0 Å². The summed E-state index contributed by atoms with van der Waals surface area (Å²) in [5, 5.41) is 0.541. The van der Waals surface area contributed by atoms with Crippen molar-refractivity contribution in [2.75, 3.05) is 19.0 Å². The van der Waals surface area contributed by atoms with Crippen LogP contribution in [0.5, 0.6) is 0 Å². The third kappa shape index (κ3) is 13.7. The van der Waals surface area contributed by atoms with Crippen molar-refractivity contribution in [3.63, 3.8) is 0 Å². The molecule has 0 aromatic carbocycles. The zero-order valence-electron chi connectivity index (χ0n) is 17.3. The number of nitrogens with zero attached hydrogens (tertiary/aromatic N) is 2. The first-order valence-corrected chi connectivity index (χ1v) is 12.1. The summed E-state index contributed by atoms with van der Waals surface area (Å²) in [7, 11) is 0. The van der Waals surface area contributed by atoms with Crippen LogP contribution in [-0.4, -0.2) is 33.8 Å². The summed E-state index contributed by atoms with van der Waals surface area (Å²) in [4.78, 5) is 4.16. The molecule has 26 heavy (non-hydrogen) atoms. The lowest BCUT2D eigenvalue weighted by Crippen LogP contribution is -2.19. The molecule has 0 amide bonds. The maximum absolute atomic E-state index is 5.88. The molecule has 1 rings (SSSR count). The second kappa shape index (κ2) is 17.9. The number of imidazole rings is 1. The lowest BCUT2D eigenvalue weighted by Gasteiger charge is -2.17. The quantitative estimate of drug-likeness (QED) is 0.248. The zero-order chi connectivity index (χ0) is 18.7. The van der Waals surface area contributed by atoms with Gasteiger partial charge >= 0.3 is 0 Å². The Hall–Kier alpha value is -0.480. The summed E-state index contributed by atoms with van der Waals surface area (Å²) in [6, 6.07) is 0. The van der Waals surface area contributed by atoms with Gasteiger partial charge in [0.1, 0.15) is 0 Å². The number of unbranched alkanes of at least 4 members (excludes halogenated alkanes) is 10. The van der Waals surface area contributed by atoms with Gasteiger partial charge in [0, 0.05) is 30.8 Å². The van der Waals surface area contributed by atoms with Gasteiger partial charge in [0.15, 0.2) is 0 Å². The smallest absolute Gasteiger partial charge is 0.0946 e. The van der Waals surface area contributed by atoms with E-state index in [1.807, 2.05) is 12.5 Å². The Morgan fingerprint density at radius 1 is 0.885 bits per heavy atom. The predicted molar refractivity (Wildman–Crippen MR) is 116 cm³/mol. The van der Waals surface area contributed by atoms with Crippen molar-refractivity contribution >= 4 is 11.8 Å². The molecule has 0 aliphatic carbocycles. The highest BCUT2D eigenvalue weighted by molar-refractivity contribution is 7.99. The van der Waals surface area contributed by atoms with E-state index < -0.39 is 0 Å². The number of hydrogen-bond acceptors (Lipinski definition) is 3. The molecule has 1 heterocycles. The lowest BCUT2D eigenvalue weighted by atomic mass is 10.1. The summed E-state index contributed by atoms with van der Waals surface area (Å²) < 4.78 is 8.06. The van der Waals surface area contributed by atoms with Gasteiger partial charge in [-0.3, -0.25) is 0 Å². The largest absolute Gasteiger partial charge is 0.380 e. The fourth-order valence-corrected chi connectivity index (χ4v) is 4.26. The topological polar surface area (TPSA) is 27.1 Å². The summed E-state index contributed by atoms with van der Waals surface area (Å²) in [6.07, 6.45) is 22.3. The first-order valence-electron chi connectivity index (χ1n) is 11.0. The number of ether oxygens (including phenoxy) is 1. The van der Waals surface area contributed by atoms with Gasteiger partial charge in [-0.05, 0) is 18.6 Å². The van der Waals surface area contributed by atoms with E-state index in [1.165, 1.54) is 82.8 Å². The van der Waals surface area contributed by atoms with Crippen molar-refractivity contribution in [2.45, 2.75) is 103 Å². The van der Waals surface area contributed by atoms with Gasteiger partial charge < -0.3 is 9.30 Å². The Bertz CT molecular complexity index is 384. The van der Waals surface area contributed by atoms with Crippen molar-refractivity contribution < 1.29 is 4.74 Å². The predicted octanol–water partition coefficient (Wildman–Crippen LogP) is 6.72. The van der Waals surface area contributed by atoms with Crippen LogP contribution in [-0.2, 0) is 11.3 Å². The molecule has 0 saturated heterocycles. The van der Waals surface area contributed by atoms with Crippen LogP contribution in [0.4, 0.5) is 0 Å². The van der Waals surface area contributed by atoms with Gasteiger partial charge in [-0.15, -0.1) is 0 Å². The number of hydrogen-bond donors (Lipinski definition) is 0. The molecule has 4 heteroatoms. The highest BCUT2D eigenvalue weighted by Gasteiger charge is 2.10. The molecule has 1 aromatic heterocycles. The Kier molecular flexibility index (Phi) is 16.2. The fourth-order valence-electron chi connectivity index (χ4n) is 3.08. The van der Waals surface area contributed by atoms with Crippen LogP contribution in [0.3, 0.4) is 0 Å². The Labute approximate surface area is 166 Å². The van der Waals surface area contributed by atoms with Crippen molar-refractivity contribution in [3.05, 3.63) is 18.7 Å². The van der Waals surface area contributed by atoms with E-state index >= 15 is 0 Å². The molecule has 0 saturated carbocycles. The van der Waals surface area contributed by atoms with Gasteiger partial charge in [-0.2, -0.15) is 11.8 Å². The molecule has 0 fully saturated rings. The lowest BCUT2D eigenvalue weighted by molar-refractivity contribution is 0.129. The standard InChI is InChI=1S/C22H42N2OS/c1-3-5-7-8-9-10-11-12-13-14-18-26-22(20-25-17-6-4-2)19-24-16-15-23-21-24/h15-16,21-22H,3-14,17-20H2,1-2H3. The third-order valence-electron chi connectivity index (χ3n) is 4.77. The van der Waals surface area contributed by atoms with E-state index in [-0.39, 0.29) is 0 Å². The van der Waals surface area contributed by atoms with Gasteiger partial charge in [0.25, 0.3) is 0 Å². The molecule has 1 aromatic rings. The fraction of sp³-hybridized carbons (Fsp3) is 0.864. The highest BCUT2D eigenvalue weighted by Crippen LogP contribution is 2.18. The molecular formula is C22H42N2OS. The average Bonchev–Trinajstić information content (AvgIpc) is 3.16. The molecule has 0 aliphatic heterocycles. The average molecular weight is 383 g/mol. The maximum atomic E-state index is 5.88. The van der Waals surface area contributed by atoms with E-state index in [1.54, 1.807) is 0 Å². The Morgan fingerprint density at radius 2 is 1.54 bits per heavy atom. The minimum Gasteiger partial charge on any atom is -0.380 e. The Balaban J connectivity index is 2.03. The second-order valence-electron chi connectivity index (χ2n) is 7.36. The molecule has 1 atom stereocenters. The molecule has 0 spiro atoms. The van der Waals surface area contributed by atoms with Gasteiger partial charge in [-0.1, -0.05) is 78.1 Å². The minimum absolute atomic E-state index is 0.541. The van der Waals surface area contributed by atoms with E-state index in [9.17, 15) is 0 Å². The highest BCUT2D eigenvalue weighted by atomic mass is 32.2. The van der Waals surface area contributed by atoms with Crippen molar-refractivity contribution in [2.24, 2.45) is 0 Å². The van der Waals surface area contributed by atoms with Crippen LogP contribution in [0.15, 0.2) is 18.7 Å². The molecule has 3 nitrogen and oxygen atoms in total. The van der Waals surface area contributed by atoms with Crippen LogP contribution in [0, 0.1) is 0 Å². The van der Waals surface area contributed by atoms with Crippen LogP contribution >= 0.6 is 11.8 Å². The molecule has 0 aliphatic rings. The first-order chi connectivity index (χ1) is 12.9. The summed E-state index contributed by atoms with van der Waals surface area (Å²) in [5.74, 6) is 1.26. The maximum Gasteiger partial charge on any atom is 0.0946 e. The summed E-state index contributed by atoms with van der Waals surface area (Å²) in [6.45, 7) is 7.27. The molecule has 0 bridgehead atoms. The van der Waals surface area contributed by atoms with E-state index in [0.717, 1.165) is 19.8 Å². The van der Waals surface area contributed by atoms with Crippen molar-refractivity contribution in [1.29, 1.82) is 0 Å². The van der Waals surface area contributed by atoms with Crippen LogP contribution in [0.25, 0.3) is 0 Å². The SMILES string of the molecule is CCCCCCCCCCCCSC(COCCCC)Cn1ccnc1. The summed E-state index contributed by atoms with van der Waals surface area (Å²) >= 11 is 2.08. The van der Waals surface area contributed by atoms with E-state index in [2.05, 4.69) is 41.4 Å². The molecule has 0 radical (unpaired) electrons. The second-order valence-corrected chi connectivity index (χ2v) is 8.77. The normalized spacial score (nSPS) is 12.5. The van der Waals surface area contributed by atoms with Crippen molar-refractivity contribution in [1.82, 2.24) is 9.55 Å². The monoisotopic (exact) mass is 382 g/mol. The van der Waals surface area contributed by atoms with Crippen LogP contribution in [0.1, 0.15) is 90.9 Å². The van der Waals surface area contributed by atoms with E-state index in [0.29, 0.717) is 5.25 Å². The molecule has 152 valence electrons. The van der Waals surface area contributed by atoms with Crippen LogP contribution < -0.4 is 0 Å². The number of aromatic nitrogens is 2. The number of thioether (sulfide) groups is 1.